The minimum absolute atomic E-state index is 0.0219. The zero-order valence-electron chi connectivity index (χ0n) is 12.3. The van der Waals surface area contributed by atoms with E-state index >= 15 is 0 Å². The summed E-state index contributed by atoms with van der Waals surface area (Å²) in [6.07, 6.45) is -2.37. The van der Waals surface area contributed by atoms with E-state index in [4.69, 9.17) is 11.6 Å². The van der Waals surface area contributed by atoms with E-state index in [2.05, 4.69) is 5.10 Å². The quantitative estimate of drug-likeness (QED) is 0.785. The molecule has 0 saturated carbocycles. The lowest BCUT2D eigenvalue weighted by Gasteiger charge is -2.25. The summed E-state index contributed by atoms with van der Waals surface area (Å²) in [7, 11) is 0. The van der Waals surface area contributed by atoms with Crippen molar-refractivity contribution in [2.75, 3.05) is 13.1 Å². The van der Waals surface area contributed by atoms with Crippen molar-refractivity contribution in [2.24, 2.45) is 0 Å². The molecule has 9 heteroatoms. The maximum absolute atomic E-state index is 13.7. The smallest absolute Gasteiger partial charge is 0.274 e. The van der Waals surface area contributed by atoms with Crippen molar-refractivity contribution in [3.05, 3.63) is 51.8 Å². The maximum atomic E-state index is 13.7. The van der Waals surface area contributed by atoms with Crippen LogP contribution < -0.4 is 0 Å². The van der Waals surface area contributed by atoms with Gasteiger partial charge in [0.15, 0.2) is 5.69 Å². The number of nitrogens with zero attached hydrogens (tertiary/aromatic N) is 3. The molecule has 2 heterocycles. The highest BCUT2D eigenvalue weighted by Crippen LogP contribution is 2.27. The number of hydrogen-bond donors (Lipinski definition) is 0. The number of benzene rings is 1. The van der Waals surface area contributed by atoms with Crippen LogP contribution in [-0.4, -0.2) is 40.1 Å². The first-order chi connectivity index (χ1) is 11.4. The molecule has 4 nitrogen and oxygen atoms in total. The third-order valence-corrected chi connectivity index (χ3v) is 4.21. The minimum atomic E-state index is -2.64. The Morgan fingerprint density at radius 1 is 1.29 bits per heavy atom. The van der Waals surface area contributed by atoms with Crippen LogP contribution in [-0.2, 0) is 13.0 Å². The molecule has 0 N–H and O–H groups in total. The van der Waals surface area contributed by atoms with Gasteiger partial charge in [-0.15, -0.1) is 0 Å². The van der Waals surface area contributed by atoms with Gasteiger partial charge in [-0.2, -0.15) is 5.10 Å². The van der Waals surface area contributed by atoms with E-state index in [0.717, 1.165) is 23.1 Å². The summed E-state index contributed by atoms with van der Waals surface area (Å²) in [5, 5.41) is 4.14. The first-order valence-electron chi connectivity index (χ1n) is 7.13. The molecule has 0 unspecified atom stereocenters. The van der Waals surface area contributed by atoms with Crippen molar-refractivity contribution in [3.8, 4) is 0 Å². The Balaban J connectivity index is 1.90. The molecule has 0 aliphatic carbocycles. The second-order valence-corrected chi connectivity index (χ2v) is 5.76. The van der Waals surface area contributed by atoms with Crippen molar-refractivity contribution in [3.63, 3.8) is 0 Å². The fraction of sp³-hybridized carbons (Fsp3) is 0.333. The molecular formula is C15H12ClF4N3O. The van der Waals surface area contributed by atoms with Gasteiger partial charge in [-0.05, 0) is 24.6 Å². The molecule has 0 radical (unpaired) electrons. The molecular weight excluding hydrogens is 350 g/mol. The third-order valence-electron chi connectivity index (χ3n) is 3.79. The number of carbonyl (C=O) groups is 1. The SMILES string of the molecule is O=C1c2nn(Cc3cc(F)ccc3F)c(Cl)c2CCN1CC(F)F. The summed E-state index contributed by atoms with van der Waals surface area (Å²) in [5.41, 5.74) is 0.432. The van der Waals surface area contributed by atoms with E-state index in [-0.39, 0.29) is 35.9 Å². The number of carbonyl (C=O) groups excluding carboxylic acids is 1. The zero-order chi connectivity index (χ0) is 17.4. The van der Waals surface area contributed by atoms with Crippen molar-refractivity contribution < 1.29 is 22.4 Å². The molecule has 1 aromatic carbocycles. The van der Waals surface area contributed by atoms with Gasteiger partial charge in [0.2, 0.25) is 0 Å². The van der Waals surface area contributed by atoms with Gasteiger partial charge >= 0.3 is 0 Å². The molecule has 0 atom stereocenters. The van der Waals surface area contributed by atoms with Gasteiger partial charge in [0.05, 0.1) is 13.1 Å². The molecule has 0 bridgehead atoms. The van der Waals surface area contributed by atoms with Gasteiger partial charge in [0.1, 0.15) is 16.8 Å². The van der Waals surface area contributed by atoms with Crippen molar-refractivity contribution in [1.82, 2.24) is 14.7 Å². The highest BCUT2D eigenvalue weighted by Gasteiger charge is 2.32. The van der Waals surface area contributed by atoms with E-state index < -0.39 is 30.5 Å². The van der Waals surface area contributed by atoms with Crippen molar-refractivity contribution in [2.45, 2.75) is 19.4 Å². The number of alkyl halides is 2. The topological polar surface area (TPSA) is 38.1 Å². The Bertz CT molecular complexity index is 793. The van der Waals surface area contributed by atoms with Gasteiger partial charge in [-0.3, -0.25) is 4.79 Å². The van der Waals surface area contributed by atoms with Gasteiger partial charge < -0.3 is 4.90 Å². The van der Waals surface area contributed by atoms with Gasteiger partial charge in [0, 0.05) is 17.7 Å². The molecule has 1 aliphatic rings. The Morgan fingerprint density at radius 3 is 2.75 bits per heavy atom. The first-order valence-corrected chi connectivity index (χ1v) is 7.51. The third kappa shape index (κ3) is 3.10. The van der Waals surface area contributed by atoms with E-state index in [9.17, 15) is 22.4 Å². The lowest BCUT2D eigenvalue weighted by atomic mass is 10.1. The molecule has 1 aliphatic heterocycles. The molecule has 24 heavy (non-hydrogen) atoms. The fourth-order valence-corrected chi connectivity index (χ4v) is 2.92. The van der Waals surface area contributed by atoms with Crippen LogP contribution in [0.25, 0.3) is 0 Å². The highest BCUT2D eigenvalue weighted by atomic mass is 35.5. The van der Waals surface area contributed by atoms with Crippen LogP contribution >= 0.6 is 11.6 Å². The molecule has 0 fully saturated rings. The monoisotopic (exact) mass is 361 g/mol. The van der Waals surface area contributed by atoms with Crippen molar-refractivity contribution in [1.29, 1.82) is 0 Å². The predicted molar refractivity (Wildman–Crippen MR) is 78.3 cm³/mol. The van der Waals surface area contributed by atoms with E-state index in [1.807, 2.05) is 0 Å². The lowest BCUT2D eigenvalue weighted by Crippen LogP contribution is -2.40. The van der Waals surface area contributed by atoms with Crippen LogP contribution in [0.3, 0.4) is 0 Å². The molecule has 2 aromatic rings. The Morgan fingerprint density at radius 2 is 2.04 bits per heavy atom. The summed E-state index contributed by atoms with van der Waals surface area (Å²) in [6, 6.07) is 2.98. The first kappa shape index (κ1) is 16.8. The van der Waals surface area contributed by atoms with Crippen LogP contribution in [0.15, 0.2) is 18.2 Å². The van der Waals surface area contributed by atoms with E-state index in [1.165, 1.54) is 4.68 Å². The molecule has 1 amide bonds. The van der Waals surface area contributed by atoms with Gasteiger partial charge in [-0.25, -0.2) is 22.2 Å². The summed E-state index contributed by atoms with van der Waals surface area (Å²) < 4.78 is 53.2. The standard InChI is InChI=1S/C15H12ClF4N3O/c16-14-10-3-4-22(7-12(19)20)15(24)13(10)21-23(14)6-8-5-9(17)1-2-11(8)18/h1-2,5,12H,3-4,6-7H2. The van der Waals surface area contributed by atoms with E-state index in [1.54, 1.807) is 0 Å². The largest absolute Gasteiger partial charge is 0.331 e. The van der Waals surface area contributed by atoms with Crippen LogP contribution in [0.4, 0.5) is 17.6 Å². The number of aromatic nitrogens is 2. The minimum Gasteiger partial charge on any atom is -0.331 e. The van der Waals surface area contributed by atoms with Crippen LogP contribution in [0.1, 0.15) is 21.6 Å². The summed E-state index contributed by atoms with van der Waals surface area (Å²) in [6.45, 7) is -0.741. The fourth-order valence-electron chi connectivity index (χ4n) is 2.64. The van der Waals surface area contributed by atoms with E-state index in [0.29, 0.717) is 5.56 Å². The van der Waals surface area contributed by atoms with Gasteiger partial charge in [0.25, 0.3) is 12.3 Å². The second-order valence-electron chi connectivity index (χ2n) is 5.40. The highest BCUT2D eigenvalue weighted by molar-refractivity contribution is 6.31. The summed E-state index contributed by atoms with van der Waals surface area (Å²) >= 11 is 6.17. The van der Waals surface area contributed by atoms with Crippen molar-refractivity contribution >= 4 is 17.5 Å². The zero-order valence-corrected chi connectivity index (χ0v) is 13.0. The normalized spacial score (nSPS) is 14.4. The lowest BCUT2D eigenvalue weighted by molar-refractivity contribution is 0.0532. The molecule has 0 spiro atoms. The second kappa shape index (κ2) is 6.43. The van der Waals surface area contributed by atoms with Crippen LogP contribution in [0, 0.1) is 11.6 Å². The summed E-state index contributed by atoms with van der Waals surface area (Å²) in [5.74, 6) is -1.89. The van der Waals surface area contributed by atoms with Crippen LogP contribution in [0.5, 0.6) is 0 Å². The number of halogens is 5. The number of rotatable bonds is 4. The molecule has 0 saturated heterocycles. The van der Waals surface area contributed by atoms with Crippen LogP contribution in [0.2, 0.25) is 5.15 Å². The number of hydrogen-bond acceptors (Lipinski definition) is 2. The summed E-state index contributed by atoms with van der Waals surface area (Å²) in [4.78, 5) is 13.2. The molecule has 128 valence electrons. The Hall–Kier alpha value is -2.09. The Labute approximate surface area is 139 Å². The maximum Gasteiger partial charge on any atom is 0.274 e. The number of fused-ring (bicyclic) bond motifs is 1. The molecule has 3 rings (SSSR count). The molecule has 1 aromatic heterocycles. The Kier molecular flexibility index (Phi) is 4.49. The predicted octanol–water partition coefficient (Wildman–Crippen LogP) is 3.13. The number of amides is 1. The average molecular weight is 362 g/mol. The van der Waals surface area contributed by atoms with Gasteiger partial charge in [-0.1, -0.05) is 11.6 Å². The average Bonchev–Trinajstić information content (AvgIpc) is 2.83.